The predicted molar refractivity (Wildman–Crippen MR) is 49.7 cm³/mol. The first-order valence-corrected chi connectivity index (χ1v) is 4.72. The van der Waals surface area contributed by atoms with E-state index >= 15 is 0 Å². The molecule has 1 aliphatic heterocycles. The highest BCUT2D eigenvalue weighted by atomic mass is 16.5. The fourth-order valence-electron chi connectivity index (χ4n) is 1.40. The van der Waals surface area contributed by atoms with Crippen molar-refractivity contribution in [2.75, 3.05) is 0 Å². The lowest BCUT2D eigenvalue weighted by Crippen LogP contribution is -2.31. The molecular formula is C10H14O4. The molecule has 4 heteroatoms. The van der Waals surface area contributed by atoms with Crippen molar-refractivity contribution < 1.29 is 19.4 Å². The van der Waals surface area contributed by atoms with Crippen LogP contribution in [0.15, 0.2) is 11.3 Å². The van der Waals surface area contributed by atoms with Crippen LogP contribution in [0.5, 0.6) is 0 Å². The quantitative estimate of drug-likeness (QED) is 0.316. The third-order valence-electron chi connectivity index (χ3n) is 2.04. The summed E-state index contributed by atoms with van der Waals surface area (Å²) < 4.78 is 4.86. The number of esters is 1. The summed E-state index contributed by atoms with van der Waals surface area (Å²) in [6.45, 7) is 3.52. The molecule has 1 saturated heterocycles. The van der Waals surface area contributed by atoms with E-state index in [-0.39, 0.29) is 29.6 Å². The van der Waals surface area contributed by atoms with Crippen LogP contribution >= 0.6 is 0 Å². The van der Waals surface area contributed by atoms with Gasteiger partial charge in [0.15, 0.2) is 5.78 Å². The second-order valence-corrected chi connectivity index (χ2v) is 3.41. The number of cyclic esters (lactones) is 1. The van der Waals surface area contributed by atoms with Crippen LogP contribution in [0.2, 0.25) is 0 Å². The Morgan fingerprint density at radius 1 is 1.57 bits per heavy atom. The van der Waals surface area contributed by atoms with Crippen LogP contribution in [-0.2, 0) is 14.3 Å². The Labute approximate surface area is 82.6 Å². The minimum absolute atomic E-state index is 0.144. The maximum atomic E-state index is 11.4. The Balaban J connectivity index is 2.92. The van der Waals surface area contributed by atoms with Gasteiger partial charge < -0.3 is 9.84 Å². The number of carbonyl (C=O) groups is 2. The fourth-order valence-corrected chi connectivity index (χ4v) is 1.40. The van der Waals surface area contributed by atoms with Gasteiger partial charge in [0.05, 0.1) is 0 Å². The van der Waals surface area contributed by atoms with Crippen molar-refractivity contribution in [2.45, 2.75) is 39.2 Å². The first-order valence-electron chi connectivity index (χ1n) is 4.72. The number of aliphatic hydroxyl groups is 1. The van der Waals surface area contributed by atoms with Gasteiger partial charge in [-0.2, -0.15) is 0 Å². The second kappa shape index (κ2) is 4.26. The number of ether oxygens (including phenoxy) is 1. The zero-order valence-electron chi connectivity index (χ0n) is 8.37. The Hall–Kier alpha value is -1.32. The van der Waals surface area contributed by atoms with Gasteiger partial charge >= 0.3 is 5.97 Å². The summed E-state index contributed by atoms with van der Waals surface area (Å²) in [5.41, 5.74) is -0.162. The standard InChI is InChI=1S/C10H14O4/c1-3-4-7(11)9-8(12)5-6(2)14-10(9)13/h6,11H,3-5H2,1-2H3/b9-7+. The molecule has 1 aliphatic rings. The highest BCUT2D eigenvalue weighted by molar-refractivity contribution is 6.19. The Bertz CT molecular complexity index is 270. The van der Waals surface area contributed by atoms with Crippen LogP contribution < -0.4 is 0 Å². The van der Waals surface area contributed by atoms with Gasteiger partial charge in [0.2, 0.25) is 0 Å². The molecule has 0 aromatic heterocycles. The molecule has 1 heterocycles. The summed E-state index contributed by atoms with van der Waals surface area (Å²) in [6.07, 6.45) is 0.804. The van der Waals surface area contributed by atoms with Gasteiger partial charge in [-0.05, 0) is 13.3 Å². The van der Waals surface area contributed by atoms with Crippen LogP contribution in [0.25, 0.3) is 0 Å². The third-order valence-corrected chi connectivity index (χ3v) is 2.04. The van der Waals surface area contributed by atoms with Crippen molar-refractivity contribution >= 4 is 11.8 Å². The molecule has 4 nitrogen and oxygen atoms in total. The van der Waals surface area contributed by atoms with E-state index in [1.165, 1.54) is 0 Å². The van der Waals surface area contributed by atoms with E-state index in [0.717, 1.165) is 0 Å². The predicted octanol–water partition coefficient (Wildman–Crippen LogP) is 1.50. The second-order valence-electron chi connectivity index (χ2n) is 3.41. The average molecular weight is 198 g/mol. The SMILES string of the molecule is CCC/C(O)=C1/C(=O)CC(C)OC1=O. The molecule has 1 rings (SSSR count). The van der Waals surface area contributed by atoms with E-state index in [1.807, 2.05) is 6.92 Å². The number of Topliss-reactive ketones (excluding diaryl/α,β-unsaturated/α-hetero) is 1. The smallest absolute Gasteiger partial charge is 0.345 e. The van der Waals surface area contributed by atoms with Gasteiger partial charge in [-0.3, -0.25) is 4.79 Å². The van der Waals surface area contributed by atoms with Gasteiger partial charge in [-0.25, -0.2) is 4.79 Å². The maximum absolute atomic E-state index is 11.4. The number of aliphatic hydroxyl groups excluding tert-OH is 1. The average Bonchev–Trinajstić information content (AvgIpc) is 2.01. The molecule has 1 N–H and O–H groups in total. The Morgan fingerprint density at radius 2 is 2.21 bits per heavy atom. The molecule has 0 radical (unpaired) electrons. The number of allylic oxidation sites excluding steroid dienone is 1. The van der Waals surface area contributed by atoms with Crippen molar-refractivity contribution in [1.29, 1.82) is 0 Å². The van der Waals surface area contributed by atoms with Gasteiger partial charge in [0, 0.05) is 12.8 Å². The highest BCUT2D eigenvalue weighted by Gasteiger charge is 2.32. The van der Waals surface area contributed by atoms with Gasteiger partial charge in [0.1, 0.15) is 17.4 Å². The summed E-state index contributed by atoms with van der Waals surface area (Å²) in [5.74, 6) is -1.16. The Kier molecular flexibility index (Phi) is 3.28. The van der Waals surface area contributed by atoms with Gasteiger partial charge in [-0.1, -0.05) is 6.92 Å². The molecular weight excluding hydrogens is 184 g/mol. The van der Waals surface area contributed by atoms with Crippen LogP contribution in [-0.4, -0.2) is 23.0 Å². The molecule has 0 amide bonds. The molecule has 0 saturated carbocycles. The van der Waals surface area contributed by atoms with Crippen LogP contribution in [0.1, 0.15) is 33.1 Å². The molecule has 0 spiro atoms. The normalized spacial score (nSPS) is 26.0. The zero-order valence-corrected chi connectivity index (χ0v) is 8.37. The lowest BCUT2D eigenvalue weighted by atomic mass is 10.0. The number of hydrogen-bond acceptors (Lipinski definition) is 4. The highest BCUT2D eigenvalue weighted by Crippen LogP contribution is 2.20. The van der Waals surface area contributed by atoms with E-state index in [2.05, 4.69) is 0 Å². The fraction of sp³-hybridized carbons (Fsp3) is 0.600. The number of carbonyl (C=O) groups excluding carboxylic acids is 2. The first-order chi connectivity index (χ1) is 6.56. The summed E-state index contributed by atoms with van der Waals surface area (Å²) in [4.78, 5) is 22.7. The molecule has 1 fully saturated rings. The first kappa shape index (κ1) is 10.8. The van der Waals surface area contributed by atoms with Crippen molar-refractivity contribution in [2.24, 2.45) is 0 Å². The lowest BCUT2D eigenvalue weighted by Gasteiger charge is -2.20. The largest absolute Gasteiger partial charge is 0.511 e. The zero-order chi connectivity index (χ0) is 10.7. The summed E-state index contributed by atoms with van der Waals surface area (Å²) >= 11 is 0. The molecule has 0 aromatic rings. The maximum Gasteiger partial charge on any atom is 0.345 e. The molecule has 0 aromatic carbocycles. The number of rotatable bonds is 2. The van der Waals surface area contributed by atoms with Crippen molar-refractivity contribution in [3.63, 3.8) is 0 Å². The molecule has 0 aliphatic carbocycles. The minimum Gasteiger partial charge on any atom is -0.511 e. The van der Waals surface area contributed by atoms with Gasteiger partial charge in [-0.15, -0.1) is 0 Å². The third kappa shape index (κ3) is 2.13. The van der Waals surface area contributed by atoms with Crippen LogP contribution in [0.3, 0.4) is 0 Å². The number of ketones is 1. The molecule has 1 atom stereocenters. The van der Waals surface area contributed by atoms with E-state index in [0.29, 0.717) is 12.8 Å². The van der Waals surface area contributed by atoms with E-state index < -0.39 is 5.97 Å². The molecule has 14 heavy (non-hydrogen) atoms. The van der Waals surface area contributed by atoms with Gasteiger partial charge in [0.25, 0.3) is 0 Å². The molecule has 78 valence electrons. The summed E-state index contributed by atoms with van der Waals surface area (Å²) in [7, 11) is 0. The van der Waals surface area contributed by atoms with E-state index in [9.17, 15) is 14.7 Å². The molecule has 1 unspecified atom stereocenters. The van der Waals surface area contributed by atoms with Crippen molar-refractivity contribution in [3.8, 4) is 0 Å². The Morgan fingerprint density at radius 3 is 2.71 bits per heavy atom. The van der Waals surface area contributed by atoms with Crippen LogP contribution in [0.4, 0.5) is 0 Å². The minimum atomic E-state index is -0.695. The molecule has 0 bridgehead atoms. The number of hydrogen-bond donors (Lipinski definition) is 1. The summed E-state index contributed by atoms with van der Waals surface area (Å²) in [5, 5.41) is 9.46. The summed E-state index contributed by atoms with van der Waals surface area (Å²) in [6, 6.07) is 0. The van der Waals surface area contributed by atoms with E-state index in [1.54, 1.807) is 6.92 Å². The topological polar surface area (TPSA) is 63.6 Å². The van der Waals surface area contributed by atoms with Crippen LogP contribution in [0, 0.1) is 0 Å². The lowest BCUT2D eigenvalue weighted by molar-refractivity contribution is -0.150. The van der Waals surface area contributed by atoms with E-state index in [4.69, 9.17) is 4.74 Å². The van der Waals surface area contributed by atoms with Crippen molar-refractivity contribution in [1.82, 2.24) is 0 Å². The van der Waals surface area contributed by atoms with Crippen molar-refractivity contribution in [3.05, 3.63) is 11.3 Å². The monoisotopic (exact) mass is 198 g/mol.